The van der Waals surface area contributed by atoms with Crippen molar-refractivity contribution < 1.29 is 29.3 Å². The summed E-state index contributed by atoms with van der Waals surface area (Å²) in [4.78, 5) is 27.0. The van der Waals surface area contributed by atoms with Gasteiger partial charge in [0.05, 0.1) is 24.5 Å². The molecule has 5 rings (SSSR count). The van der Waals surface area contributed by atoms with Gasteiger partial charge in [-0.1, -0.05) is 18.2 Å². The van der Waals surface area contributed by atoms with Crippen LogP contribution in [0.3, 0.4) is 0 Å². The van der Waals surface area contributed by atoms with Gasteiger partial charge in [-0.05, 0) is 67.6 Å². The predicted molar refractivity (Wildman–Crippen MR) is 119 cm³/mol. The molecule has 7 heteroatoms. The largest absolute Gasteiger partial charge is 0.507 e. The number of hydrogen-bond donors (Lipinski definition) is 2. The first kappa shape index (κ1) is 21.9. The lowest BCUT2D eigenvalue weighted by atomic mass is 9.64. The van der Waals surface area contributed by atoms with Gasteiger partial charge in [0, 0.05) is 18.9 Å². The number of imide groups is 1. The van der Waals surface area contributed by atoms with Crippen LogP contribution >= 0.6 is 0 Å². The number of likely N-dealkylation sites (tertiary alicyclic amines) is 1. The number of para-hydroxylation sites is 1. The van der Waals surface area contributed by atoms with E-state index in [0.717, 1.165) is 16.7 Å². The quantitative estimate of drug-likeness (QED) is 0.694. The van der Waals surface area contributed by atoms with Gasteiger partial charge in [-0.2, -0.15) is 0 Å². The molecule has 0 unspecified atom stereocenters. The van der Waals surface area contributed by atoms with E-state index in [1.807, 2.05) is 56.3 Å². The smallest absolute Gasteiger partial charge is 0.233 e. The first-order valence-corrected chi connectivity index (χ1v) is 11.4. The normalized spacial score (nSPS) is 33.2. The van der Waals surface area contributed by atoms with E-state index in [1.54, 1.807) is 0 Å². The van der Waals surface area contributed by atoms with E-state index in [1.165, 1.54) is 11.9 Å². The molecule has 2 aromatic carbocycles. The summed E-state index contributed by atoms with van der Waals surface area (Å²) in [7, 11) is 1.51. The van der Waals surface area contributed by atoms with E-state index in [9.17, 15) is 19.8 Å². The highest BCUT2D eigenvalue weighted by Gasteiger charge is 2.66. The Morgan fingerprint density at radius 1 is 1.09 bits per heavy atom. The summed E-state index contributed by atoms with van der Waals surface area (Å²) in [6, 6.07) is 13.0. The Morgan fingerprint density at radius 3 is 2.42 bits per heavy atom. The molecule has 3 aliphatic rings. The van der Waals surface area contributed by atoms with Crippen molar-refractivity contribution in [3.05, 3.63) is 59.2 Å². The van der Waals surface area contributed by atoms with Crippen LogP contribution in [-0.4, -0.2) is 46.4 Å². The third-order valence-corrected chi connectivity index (χ3v) is 7.66. The number of aryl methyl sites for hydroxylation is 2. The van der Waals surface area contributed by atoms with Gasteiger partial charge < -0.3 is 19.7 Å². The van der Waals surface area contributed by atoms with Crippen molar-refractivity contribution in [1.82, 2.24) is 4.90 Å². The lowest BCUT2D eigenvalue weighted by Crippen LogP contribution is -2.55. The monoisotopic (exact) mass is 451 g/mol. The summed E-state index contributed by atoms with van der Waals surface area (Å²) in [5, 5.41) is 22.1. The summed E-state index contributed by atoms with van der Waals surface area (Å²) in [5.74, 6) is -3.23. The van der Waals surface area contributed by atoms with Crippen LogP contribution in [0.2, 0.25) is 0 Å². The SMILES string of the molecule is Cc1cc([C@@H]2C[C@H]3[C@H]4C(=O)N(C)C(=O)[C@H]4C[C@H](COc4ccccc4)[C@@]3(O)O2)cc(C)c1O. The van der Waals surface area contributed by atoms with Crippen LogP contribution in [0.4, 0.5) is 0 Å². The first-order valence-electron chi connectivity index (χ1n) is 11.4. The molecule has 2 aromatic rings. The number of hydrogen-bond acceptors (Lipinski definition) is 6. The second-order valence-corrected chi connectivity index (χ2v) is 9.63. The van der Waals surface area contributed by atoms with Crippen molar-refractivity contribution in [3.63, 3.8) is 0 Å². The van der Waals surface area contributed by atoms with Gasteiger partial charge in [0.25, 0.3) is 0 Å². The molecule has 0 radical (unpaired) electrons. The molecule has 0 aromatic heterocycles. The van der Waals surface area contributed by atoms with Crippen molar-refractivity contribution in [2.24, 2.45) is 23.7 Å². The zero-order chi connectivity index (χ0) is 23.5. The molecule has 3 fully saturated rings. The average Bonchev–Trinajstić information content (AvgIpc) is 3.26. The van der Waals surface area contributed by atoms with Crippen molar-refractivity contribution in [2.75, 3.05) is 13.7 Å². The number of fused-ring (bicyclic) bond motifs is 3. The Balaban J connectivity index is 1.49. The number of rotatable bonds is 4. The summed E-state index contributed by atoms with van der Waals surface area (Å²) < 4.78 is 12.3. The Bertz CT molecular complexity index is 1080. The molecule has 2 amide bonds. The Labute approximate surface area is 192 Å². The van der Waals surface area contributed by atoms with Gasteiger partial charge in [-0.15, -0.1) is 0 Å². The highest BCUT2D eigenvalue weighted by atomic mass is 16.6. The van der Waals surface area contributed by atoms with Gasteiger partial charge in [0.2, 0.25) is 11.8 Å². The molecule has 1 aliphatic carbocycles. The number of carbonyl (C=O) groups is 2. The zero-order valence-corrected chi connectivity index (χ0v) is 19.0. The first-order chi connectivity index (χ1) is 15.7. The fraction of sp³-hybridized carbons (Fsp3) is 0.462. The Morgan fingerprint density at radius 2 is 1.76 bits per heavy atom. The molecule has 2 heterocycles. The summed E-state index contributed by atoms with van der Waals surface area (Å²) in [6.45, 7) is 3.82. The van der Waals surface area contributed by atoms with Crippen molar-refractivity contribution >= 4 is 11.8 Å². The molecule has 1 saturated carbocycles. The van der Waals surface area contributed by atoms with Gasteiger partial charge >= 0.3 is 0 Å². The molecule has 2 saturated heterocycles. The molecule has 2 N–H and O–H groups in total. The molecule has 7 nitrogen and oxygen atoms in total. The lowest BCUT2D eigenvalue weighted by molar-refractivity contribution is -0.272. The lowest BCUT2D eigenvalue weighted by Gasteiger charge is -2.44. The molecule has 0 spiro atoms. The van der Waals surface area contributed by atoms with E-state index in [-0.39, 0.29) is 24.2 Å². The second kappa shape index (κ2) is 7.85. The molecular formula is C26H29NO6. The van der Waals surface area contributed by atoms with Crippen molar-refractivity contribution in [2.45, 2.75) is 38.6 Å². The van der Waals surface area contributed by atoms with E-state index in [4.69, 9.17) is 9.47 Å². The number of phenolic OH excluding ortho intramolecular Hbond substituents is 1. The number of phenols is 1. The number of aliphatic hydroxyl groups is 1. The molecule has 0 bridgehead atoms. The van der Waals surface area contributed by atoms with E-state index < -0.39 is 35.6 Å². The Kier molecular flexibility index (Phi) is 5.21. The van der Waals surface area contributed by atoms with Gasteiger partial charge in [0.1, 0.15) is 11.5 Å². The van der Waals surface area contributed by atoms with Crippen LogP contribution in [0.15, 0.2) is 42.5 Å². The second-order valence-electron chi connectivity index (χ2n) is 9.63. The maximum atomic E-state index is 13.0. The fourth-order valence-corrected chi connectivity index (χ4v) is 5.93. The maximum absolute atomic E-state index is 13.0. The van der Waals surface area contributed by atoms with Gasteiger partial charge in [0.15, 0.2) is 5.79 Å². The highest BCUT2D eigenvalue weighted by Crippen LogP contribution is 2.58. The topological polar surface area (TPSA) is 96.3 Å². The van der Waals surface area contributed by atoms with Gasteiger partial charge in [-0.3, -0.25) is 14.5 Å². The van der Waals surface area contributed by atoms with E-state index >= 15 is 0 Å². The van der Waals surface area contributed by atoms with Crippen molar-refractivity contribution in [3.8, 4) is 11.5 Å². The number of amides is 2. The minimum Gasteiger partial charge on any atom is -0.507 e. The summed E-state index contributed by atoms with van der Waals surface area (Å²) >= 11 is 0. The van der Waals surface area contributed by atoms with Crippen LogP contribution < -0.4 is 4.74 Å². The third-order valence-electron chi connectivity index (χ3n) is 7.66. The predicted octanol–water partition coefficient (Wildman–Crippen LogP) is 3.11. The molecule has 6 atom stereocenters. The maximum Gasteiger partial charge on any atom is 0.233 e. The average molecular weight is 452 g/mol. The van der Waals surface area contributed by atoms with Gasteiger partial charge in [-0.25, -0.2) is 0 Å². The minimum atomic E-state index is -1.60. The van der Waals surface area contributed by atoms with Crippen molar-refractivity contribution in [1.29, 1.82) is 0 Å². The number of nitrogens with zero attached hydrogens (tertiary/aromatic N) is 1. The van der Waals surface area contributed by atoms with Crippen LogP contribution in [0.25, 0.3) is 0 Å². The third kappa shape index (κ3) is 3.42. The number of carbonyl (C=O) groups excluding carboxylic acids is 2. The molecular weight excluding hydrogens is 422 g/mol. The molecule has 33 heavy (non-hydrogen) atoms. The highest BCUT2D eigenvalue weighted by molar-refractivity contribution is 6.05. The Hall–Kier alpha value is -2.90. The van der Waals surface area contributed by atoms with Crippen LogP contribution in [-0.2, 0) is 14.3 Å². The summed E-state index contributed by atoms with van der Waals surface area (Å²) in [6.07, 6.45) is 0.278. The fourth-order valence-electron chi connectivity index (χ4n) is 5.93. The number of aromatic hydroxyl groups is 1. The minimum absolute atomic E-state index is 0.172. The van der Waals surface area contributed by atoms with E-state index in [2.05, 4.69) is 0 Å². The number of ether oxygens (including phenoxy) is 2. The van der Waals surface area contributed by atoms with Crippen LogP contribution in [0.5, 0.6) is 11.5 Å². The number of benzene rings is 2. The summed E-state index contributed by atoms with van der Waals surface area (Å²) in [5.41, 5.74) is 2.29. The molecule has 174 valence electrons. The molecule has 2 aliphatic heterocycles. The van der Waals surface area contributed by atoms with Crippen LogP contribution in [0, 0.1) is 37.5 Å². The van der Waals surface area contributed by atoms with E-state index in [0.29, 0.717) is 18.6 Å². The standard InChI is InChI=1S/C26H29NO6/c1-14-9-16(10-15(2)23(14)28)21-12-20-22-19(24(29)27(3)25(22)30)11-17(26(20,31)33-21)13-32-18-7-5-4-6-8-18/h4-10,17,19-22,28,31H,11-13H2,1-3H3/t17-,19+,20+,21+,22+,26-/m1/s1. The van der Waals surface area contributed by atoms with Crippen LogP contribution in [0.1, 0.15) is 35.6 Å². The zero-order valence-electron chi connectivity index (χ0n) is 19.0.